The van der Waals surface area contributed by atoms with Crippen molar-refractivity contribution >= 4 is 22.8 Å². The Morgan fingerprint density at radius 1 is 1.11 bits per heavy atom. The van der Waals surface area contributed by atoms with E-state index in [1.807, 2.05) is 4.68 Å². The van der Waals surface area contributed by atoms with E-state index < -0.39 is 5.91 Å². The van der Waals surface area contributed by atoms with Gasteiger partial charge in [0.2, 0.25) is 0 Å². The number of carbonyl (C=O) groups excluding carboxylic acids is 1. The van der Waals surface area contributed by atoms with Gasteiger partial charge in [-0.1, -0.05) is 18.6 Å². The lowest BCUT2D eigenvalue weighted by molar-refractivity contribution is 0.102. The Hall–Kier alpha value is -3.00. The third-order valence-electron chi connectivity index (χ3n) is 4.89. The van der Waals surface area contributed by atoms with Crippen molar-refractivity contribution in [3.05, 3.63) is 42.4 Å². The number of phenolic OH excluding ortho intramolecular Hbond substituents is 1. The molecule has 3 aromatic rings. The van der Waals surface area contributed by atoms with E-state index in [1.165, 1.54) is 31.7 Å². The quantitative estimate of drug-likeness (QED) is 0.719. The van der Waals surface area contributed by atoms with Gasteiger partial charge in [0.1, 0.15) is 17.9 Å². The molecule has 140 valence electrons. The van der Waals surface area contributed by atoms with Crippen molar-refractivity contribution in [3.63, 3.8) is 0 Å². The largest absolute Gasteiger partial charge is 0.507 e. The molecular weight excluding hydrogens is 344 g/mol. The summed E-state index contributed by atoms with van der Waals surface area (Å²) in [6, 6.07) is 6.40. The minimum absolute atomic E-state index is 0.0717. The molecule has 0 aliphatic carbocycles. The van der Waals surface area contributed by atoms with Crippen LogP contribution in [-0.4, -0.2) is 55.3 Å². The molecule has 4 rings (SSSR count). The van der Waals surface area contributed by atoms with Gasteiger partial charge in [0, 0.05) is 6.54 Å². The van der Waals surface area contributed by atoms with Crippen LogP contribution in [0.4, 0.5) is 5.82 Å². The highest BCUT2D eigenvalue weighted by Gasteiger charge is 2.16. The summed E-state index contributed by atoms with van der Waals surface area (Å²) in [6.45, 7) is 3.94. The number of likely N-dealkylation sites (tertiary alicyclic amines) is 1. The summed E-state index contributed by atoms with van der Waals surface area (Å²) in [5.74, 6) is -0.107. The van der Waals surface area contributed by atoms with Crippen molar-refractivity contribution in [1.82, 2.24) is 24.6 Å². The summed E-state index contributed by atoms with van der Waals surface area (Å²) in [6.07, 6.45) is 6.91. The number of rotatable bonds is 5. The van der Waals surface area contributed by atoms with Crippen LogP contribution in [0, 0.1) is 0 Å². The number of nitrogens with zero attached hydrogens (tertiary/aromatic N) is 5. The number of aromatic nitrogens is 4. The first-order chi connectivity index (χ1) is 13.2. The maximum Gasteiger partial charge on any atom is 0.260 e. The molecule has 0 bridgehead atoms. The first-order valence-corrected chi connectivity index (χ1v) is 9.20. The standard InChI is InChI=1S/C19H22N6O2/c26-16-7-3-2-6-14(16)19(27)23-17-15-12-22-25(18(15)21-13-20-17)11-10-24-8-4-1-5-9-24/h2-3,6-7,12-13,26H,1,4-5,8-11H2,(H,20,21,23,27). The molecule has 2 aromatic heterocycles. The Bertz CT molecular complexity index is 948. The molecular formula is C19H22N6O2. The lowest BCUT2D eigenvalue weighted by Gasteiger charge is -2.26. The number of piperidine rings is 1. The van der Waals surface area contributed by atoms with Gasteiger partial charge in [-0.05, 0) is 38.1 Å². The highest BCUT2D eigenvalue weighted by atomic mass is 16.3. The van der Waals surface area contributed by atoms with Crippen LogP contribution in [0.15, 0.2) is 36.8 Å². The van der Waals surface area contributed by atoms with Crippen LogP contribution in [0.25, 0.3) is 11.0 Å². The second-order valence-corrected chi connectivity index (χ2v) is 6.70. The third-order valence-corrected chi connectivity index (χ3v) is 4.89. The number of anilines is 1. The molecule has 8 heteroatoms. The predicted molar refractivity (Wildman–Crippen MR) is 102 cm³/mol. The number of phenols is 1. The molecule has 27 heavy (non-hydrogen) atoms. The molecule has 1 amide bonds. The second-order valence-electron chi connectivity index (χ2n) is 6.70. The minimum atomic E-state index is -0.422. The Morgan fingerprint density at radius 2 is 1.93 bits per heavy atom. The fourth-order valence-corrected chi connectivity index (χ4v) is 3.42. The number of aromatic hydroxyl groups is 1. The zero-order chi connectivity index (χ0) is 18.6. The fourth-order valence-electron chi connectivity index (χ4n) is 3.42. The number of nitrogens with one attached hydrogen (secondary N) is 1. The van der Waals surface area contributed by atoms with Gasteiger partial charge in [-0.15, -0.1) is 0 Å². The highest BCUT2D eigenvalue weighted by Crippen LogP contribution is 2.22. The van der Waals surface area contributed by atoms with Gasteiger partial charge in [-0.2, -0.15) is 5.10 Å². The Kier molecular flexibility index (Phi) is 4.97. The van der Waals surface area contributed by atoms with E-state index in [2.05, 4.69) is 25.3 Å². The van der Waals surface area contributed by atoms with E-state index in [0.29, 0.717) is 16.9 Å². The van der Waals surface area contributed by atoms with Crippen molar-refractivity contribution in [2.75, 3.05) is 25.0 Å². The van der Waals surface area contributed by atoms with Crippen LogP contribution in [-0.2, 0) is 6.54 Å². The van der Waals surface area contributed by atoms with E-state index >= 15 is 0 Å². The Balaban J connectivity index is 1.52. The van der Waals surface area contributed by atoms with Crippen LogP contribution >= 0.6 is 0 Å². The minimum Gasteiger partial charge on any atom is -0.507 e. The normalized spacial score (nSPS) is 15.1. The molecule has 1 saturated heterocycles. The van der Waals surface area contributed by atoms with Crippen molar-refractivity contribution in [2.24, 2.45) is 0 Å². The second kappa shape index (κ2) is 7.71. The number of hydrogen-bond acceptors (Lipinski definition) is 6. The predicted octanol–water partition coefficient (Wildman–Crippen LogP) is 2.27. The van der Waals surface area contributed by atoms with Crippen LogP contribution in [0.3, 0.4) is 0 Å². The number of fused-ring (bicyclic) bond motifs is 1. The van der Waals surface area contributed by atoms with Gasteiger partial charge >= 0.3 is 0 Å². The van der Waals surface area contributed by atoms with Crippen LogP contribution in [0.1, 0.15) is 29.6 Å². The van der Waals surface area contributed by atoms with Crippen molar-refractivity contribution in [3.8, 4) is 5.75 Å². The van der Waals surface area contributed by atoms with Gasteiger partial charge in [-0.25, -0.2) is 14.6 Å². The molecule has 1 aromatic carbocycles. The summed E-state index contributed by atoms with van der Waals surface area (Å²) in [7, 11) is 0. The molecule has 0 atom stereocenters. The van der Waals surface area contributed by atoms with Crippen molar-refractivity contribution in [2.45, 2.75) is 25.8 Å². The van der Waals surface area contributed by atoms with E-state index in [4.69, 9.17) is 0 Å². The monoisotopic (exact) mass is 366 g/mol. The smallest absolute Gasteiger partial charge is 0.260 e. The van der Waals surface area contributed by atoms with E-state index in [9.17, 15) is 9.90 Å². The molecule has 0 unspecified atom stereocenters. The summed E-state index contributed by atoms with van der Waals surface area (Å²) >= 11 is 0. The number of carbonyl (C=O) groups is 1. The lowest BCUT2D eigenvalue weighted by Crippen LogP contribution is -2.32. The van der Waals surface area contributed by atoms with E-state index in [1.54, 1.807) is 24.4 Å². The molecule has 8 nitrogen and oxygen atoms in total. The third kappa shape index (κ3) is 3.75. The van der Waals surface area contributed by atoms with E-state index in [0.717, 1.165) is 26.2 Å². The first kappa shape index (κ1) is 17.4. The molecule has 3 heterocycles. The van der Waals surface area contributed by atoms with Crippen molar-refractivity contribution in [1.29, 1.82) is 0 Å². The van der Waals surface area contributed by atoms with Gasteiger partial charge in [0.05, 0.1) is 23.7 Å². The molecule has 0 spiro atoms. The van der Waals surface area contributed by atoms with Crippen LogP contribution < -0.4 is 5.32 Å². The molecule has 2 N–H and O–H groups in total. The zero-order valence-corrected chi connectivity index (χ0v) is 15.0. The Labute approximate surface area is 156 Å². The SMILES string of the molecule is O=C(Nc1ncnc2c1cnn2CCN1CCCCC1)c1ccccc1O. The van der Waals surface area contributed by atoms with Crippen LogP contribution in [0.5, 0.6) is 5.75 Å². The fraction of sp³-hybridized carbons (Fsp3) is 0.368. The number of amides is 1. The Morgan fingerprint density at radius 3 is 2.74 bits per heavy atom. The zero-order valence-electron chi connectivity index (χ0n) is 15.0. The van der Waals surface area contributed by atoms with Gasteiger partial charge in [0.25, 0.3) is 5.91 Å². The molecule has 1 aliphatic rings. The summed E-state index contributed by atoms with van der Waals surface area (Å²) < 4.78 is 1.85. The average Bonchev–Trinajstić information content (AvgIpc) is 3.12. The molecule has 0 radical (unpaired) electrons. The summed E-state index contributed by atoms with van der Waals surface area (Å²) in [4.78, 5) is 23.4. The highest BCUT2D eigenvalue weighted by molar-refractivity contribution is 6.08. The maximum atomic E-state index is 12.5. The maximum absolute atomic E-state index is 12.5. The summed E-state index contributed by atoms with van der Waals surface area (Å²) in [5.41, 5.74) is 0.886. The first-order valence-electron chi connectivity index (χ1n) is 9.20. The van der Waals surface area contributed by atoms with E-state index in [-0.39, 0.29) is 11.3 Å². The number of benzene rings is 1. The lowest BCUT2D eigenvalue weighted by atomic mass is 10.1. The van der Waals surface area contributed by atoms with Crippen LogP contribution in [0.2, 0.25) is 0 Å². The summed E-state index contributed by atoms with van der Waals surface area (Å²) in [5, 5.41) is 17.7. The number of para-hydroxylation sites is 1. The van der Waals surface area contributed by atoms with Gasteiger partial charge in [0.15, 0.2) is 5.65 Å². The van der Waals surface area contributed by atoms with Gasteiger partial charge < -0.3 is 15.3 Å². The van der Waals surface area contributed by atoms with Crippen molar-refractivity contribution < 1.29 is 9.90 Å². The molecule has 0 saturated carbocycles. The van der Waals surface area contributed by atoms with Gasteiger partial charge in [-0.3, -0.25) is 4.79 Å². The number of hydrogen-bond donors (Lipinski definition) is 2. The topological polar surface area (TPSA) is 96.2 Å². The molecule has 1 aliphatic heterocycles. The molecule has 1 fully saturated rings. The average molecular weight is 366 g/mol.